The highest BCUT2D eigenvalue weighted by Gasteiger charge is 2.34. The molecule has 0 spiro atoms. The molecular weight excluding hydrogens is 510 g/mol. The van der Waals surface area contributed by atoms with Crippen LogP contribution < -0.4 is 9.46 Å². The Bertz CT molecular complexity index is 1630. The number of para-hydroxylation sites is 1. The van der Waals surface area contributed by atoms with E-state index in [0.29, 0.717) is 22.6 Å². The number of nitrogens with zero attached hydrogens (tertiary/aromatic N) is 6. The summed E-state index contributed by atoms with van der Waals surface area (Å²) in [6.07, 6.45) is 3.74. The first-order valence-corrected chi connectivity index (χ1v) is 13.1. The van der Waals surface area contributed by atoms with Crippen LogP contribution in [0.25, 0.3) is 16.6 Å². The number of nitrogens with one attached hydrogen (secondary N) is 1. The van der Waals surface area contributed by atoms with Crippen molar-refractivity contribution in [2.45, 2.75) is 32.1 Å². The van der Waals surface area contributed by atoms with Gasteiger partial charge in [-0.1, -0.05) is 18.7 Å². The zero-order valence-corrected chi connectivity index (χ0v) is 22.8. The monoisotopic (exact) mass is 539 g/mol. The molecule has 2 atom stereocenters. The summed E-state index contributed by atoms with van der Waals surface area (Å²) in [6, 6.07) is 5.48. The number of hydrogen-bond acceptors (Lipinski definition) is 10. The van der Waals surface area contributed by atoms with Crippen molar-refractivity contribution in [3.63, 3.8) is 0 Å². The number of aromatic nitrogens is 5. The smallest absolute Gasteiger partial charge is 0.243 e. The number of methoxy groups -OCH3 is 3. The van der Waals surface area contributed by atoms with Crippen molar-refractivity contribution in [2.75, 3.05) is 26.1 Å². The van der Waals surface area contributed by atoms with Crippen LogP contribution >= 0.6 is 0 Å². The van der Waals surface area contributed by atoms with E-state index in [2.05, 4.69) is 36.5 Å². The van der Waals surface area contributed by atoms with Gasteiger partial charge in [-0.3, -0.25) is 9.12 Å². The van der Waals surface area contributed by atoms with Gasteiger partial charge >= 0.3 is 0 Å². The first-order chi connectivity index (χ1) is 18.2. The highest BCUT2D eigenvalue weighted by Crippen LogP contribution is 2.38. The summed E-state index contributed by atoms with van der Waals surface area (Å²) in [5.74, 6) is 0.961. The van der Waals surface area contributed by atoms with Crippen molar-refractivity contribution < 1.29 is 22.6 Å². The molecule has 0 aliphatic carbocycles. The fraction of sp³-hybridized carbons (Fsp3) is 0.320. The Balaban J connectivity index is 1.90. The molecule has 0 saturated carbocycles. The lowest BCUT2D eigenvalue weighted by atomic mass is 10.1. The van der Waals surface area contributed by atoms with Crippen molar-refractivity contribution >= 4 is 44.1 Å². The second-order valence-corrected chi connectivity index (χ2v) is 10.5. The van der Waals surface area contributed by atoms with Gasteiger partial charge in [-0.25, -0.2) is 23.4 Å². The lowest BCUT2D eigenvalue weighted by Gasteiger charge is -2.22. The highest BCUT2D eigenvalue weighted by atomic mass is 32.2. The number of anilines is 1. The molecule has 0 fully saturated rings. The van der Waals surface area contributed by atoms with E-state index >= 15 is 0 Å². The molecule has 0 radical (unpaired) electrons. The fourth-order valence-corrected chi connectivity index (χ4v) is 5.22. The maximum atomic E-state index is 13.6. The van der Waals surface area contributed by atoms with Gasteiger partial charge in [0.2, 0.25) is 21.9 Å². The number of fused-ring (bicyclic) bond motifs is 3. The fourth-order valence-electron chi connectivity index (χ4n) is 4.09. The van der Waals surface area contributed by atoms with E-state index in [1.807, 2.05) is 26.0 Å². The average Bonchev–Trinajstić information content (AvgIpc) is 3.32. The summed E-state index contributed by atoms with van der Waals surface area (Å²) in [5, 5.41) is 8.13. The van der Waals surface area contributed by atoms with Crippen LogP contribution in [0.3, 0.4) is 0 Å². The SMILES string of the molecule is C=C/C(=N\c1c(C)c2cccc(OC)c2n2c(NS(=O)(=O)[C@@H](C)[C@H](OC)c3ncc(C)cn3)nnc12)OC. The summed E-state index contributed by atoms with van der Waals surface area (Å²) < 4.78 is 47.7. The van der Waals surface area contributed by atoms with Gasteiger partial charge in [0, 0.05) is 24.9 Å². The molecule has 3 aromatic heterocycles. The summed E-state index contributed by atoms with van der Waals surface area (Å²) in [5.41, 5.74) is 2.92. The van der Waals surface area contributed by atoms with E-state index in [4.69, 9.17) is 14.2 Å². The number of aryl methyl sites for hydroxylation is 2. The van der Waals surface area contributed by atoms with Gasteiger partial charge in [0.15, 0.2) is 11.5 Å². The molecule has 1 N–H and O–H groups in total. The van der Waals surface area contributed by atoms with Crippen LogP contribution in [0.5, 0.6) is 5.75 Å². The molecule has 12 nitrogen and oxygen atoms in total. The number of pyridine rings is 1. The predicted molar refractivity (Wildman–Crippen MR) is 145 cm³/mol. The van der Waals surface area contributed by atoms with Crippen LogP contribution in [0.2, 0.25) is 0 Å². The standard InChI is InChI=1S/C25H29N7O5S/c1-8-19(36-6)28-20-15(3)17-10-9-11-18(35-5)21(17)32-24(20)29-30-25(32)31-38(33,34)16(4)22(37-7)23-26-12-14(2)13-27-23/h8-13,16,22H,1H2,2-7H3,(H,30,31)/b28-19+/t16-,22-/m0/s1. The third-order valence-electron chi connectivity index (χ3n) is 6.14. The van der Waals surface area contributed by atoms with Crippen molar-refractivity contribution in [1.29, 1.82) is 0 Å². The molecule has 0 amide bonds. The molecule has 3 heterocycles. The zero-order chi connectivity index (χ0) is 27.6. The highest BCUT2D eigenvalue weighted by molar-refractivity contribution is 7.93. The van der Waals surface area contributed by atoms with E-state index in [0.717, 1.165) is 16.5 Å². The topological polar surface area (TPSA) is 142 Å². The van der Waals surface area contributed by atoms with Gasteiger partial charge in [0.25, 0.3) is 0 Å². The minimum atomic E-state index is -4.08. The van der Waals surface area contributed by atoms with Crippen LogP contribution in [-0.4, -0.2) is 65.5 Å². The van der Waals surface area contributed by atoms with Crippen LogP contribution in [0.15, 0.2) is 48.2 Å². The normalized spacial score (nSPS) is 13.9. The molecule has 0 unspecified atom stereocenters. The van der Waals surface area contributed by atoms with Gasteiger partial charge in [-0.05, 0) is 44.0 Å². The molecule has 0 bridgehead atoms. The Morgan fingerprint density at radius 1 is 1.16 bits per heavy atom. The molecule has 13 heteroatoms. The van der Waals surface area contributed by atoms with Crippen molar-refractivity contribution in [3.8, 4) is 5.75 Å². The number of hydrogen-bond donors (Lipinski definition) is 1. The molecular formula is C25H29N7O5S. The third-order valence-corrected chi connectivity index (χ3v) is 7.83. The van der Waals surface area contributed by atoms with E-state index in [1.54, 1.807) is 22.9 Å². The first-order valence-electron chi connectivity index (χ1n) is 11.6. The number of sulfonamides is 1. The molecule has 200 valence electrons. The molecule has 4 rings (SSSR count). The lowest BCUT2D eigenvalue weighted by Crippen LogP contribution is -2.33. The van der Waals surface area contributed by atoms with Gasteiger partial charge in [0.1, 0.15) is 28.3 Å². The van der Waals surface area contributed by atoms with E-state index in [1.165, 1.54) is 34.3 Å². The Hall–Kier alpha value is -4.10. The van der Waals surface area contributed by atoms with E-state index in [-0.39, 0.29) is 17.7 Å². The molecule has 1 aromatic carbocycles. The zero-order valence-electron chi connectivity index (χ0n) is 22.0. The van der Waals surface area contributed by atoms with Crippen molar-refractivity contribution in [3.05, 3.63) is 60.2 Å². The van der Waals surface area contributed by atoms with Crippen molar-refractivity contribution in [2.24, 2.45) is 4.99 Å². The second kappa shape index (κ2) is 10.7. The quantitative estimate of drug-likeness (QED) is 0.249. The van der Waals surface area contributed by atoms with E-state index in [9.17, 15) is 8.42 Å². The Morgan fingerprint density at radius 2 is 1.87 bits per heavy atom. The second-order valence-electron chi connectivity index (χ2n) is 8.50. The molecule has 38 heavy (non-hydrogen) atoms. The Kier molecular flexibility index (Phi) is 7.60. The van der Waals surface area contributed by atoms with Gasteiger partial charge in [-0.2, -0.15) is 0 Å². The number of rotatable bonds is 9. The largest absolute Gasteiger partial charge is 0.495 e. The van der Waals surface area contributed by atoms with Gasteiger partial charge in [-0.15, -0.1) is 10.2 Å². The maximum Gasteiger partial charge on any atom is 0.243 e. The molecule has 0 saturated heterocycles. The minimum absolute atomic E-state index is 0.0463. The molecule has 4 aromatic rings. The minimum Gasteiger partial charge on any atom is -0.495 e. The van der Waals surface area contributed by atoms with Crippen LogP contribution in [0, 0.1) is 13.8 Å². The maximum absolute atomic E-state index is 13.6. The summed E-state index contributed by atoms with van der Waals surface area (Å²) >= 11 is 0. The average molecular weight is 540 g/mol. The number of benzene rings is 1. The van der Waals surface area contributed by atoms with Crippen LogP contribution in [-0.2, 0) is 19.5 Å². The predicted octanol–water partition coefficient (Wildman–Crippen LogP) is 3.68. The summed E-state index contributed by atoms with van der Waals surface area (Å²) in [4.78, 5) is 13.1. The first kappa shape index (κ1) is 26.9. The van der Waals surface area contributed by atoms with Gasteiger partial charge in [0.05, 0.1) is 14.2 Å². The molecule has 0 aliphatic heterocycles. The summed E-state index contributed by atoms with van der Waals surface area (Å²) in [7, 11) is 0.333. The van der Waals surface area contributed by atoms with Gasteiger partial charge < -0.3 is 14.2 Å². The van der Waals surface area contributed by atoms with Crippen LogP contribution in [0.4, 0.5) is 11.6 Å². The van der Waals surface area contributed by atoms with Crippen LogP contribution in [0.1, 0.15) is 30.0 Å². The van der Waals surface area contributed by atoms with Crippen molar-refractivity contribution in [1.82, 2.24) is 24.6 Å². The Labute approximate surface area is 220 Å². The third kappa shape index (κ3) is 4.77. The number of ether oxygens (including phenoxy) is 3. The lowest BCUT2D eigenvalue weighted by molar-refractivity contribution is 0.0949. The molecule has 0 aliphatic rings. The van der Waals surface area contributed by atoms with E-state index < -0.39 is 21.4 Å². The summed E-state index contributed by atoms with van der Waals surface area (Å²) in [6.45, 7) is 8.95. The number of aliphatic imine (C=N–C) groups is 1. The Morgan fingerprint density at radius 3 is 2.47 bits per heavy atom.